The van der Waals surface area contributed by atoms with E-state index in [0.717, 1.165) is 17.0 Å². The molecule has 2 aromatic heterocycles. The van der Waals surface area contributed by atoms with Gasteiger partial charge < -0.3 is 4.57 Å². The molecule has 4 heteroatoms. The van der Waals surface area contributed by atoms with Crippen molar-refractivity contribution in [2.24, 2.45) is 7.05 Å². The van der Waals surface area contributed by atoms with Crippen molar-refractivity contribution in [1.29, 1.82) is 0 Å². The number of aromatic nitrogens is 3. The molecular formula is C16H17N3O. The SMILES string of the molecule is CC(C)c1c(-c2ccccc2)nc2c(=O)n(C)ccn12. The number of hydrogen-bond acceptors (Lipinski definition) is 2. The Hall–Kier alpha value is -2.36. The number of benzene rings is 1. The van der Waals surface area contributed by atoms with Crippen LogP contribution in [0.15, 0.2) is 47.5 Å². The molecule has 0 bridgehead atoms. The molecule has 0 radical (unpaired) electrons. The van der Waals surface area contributed by atoms with Crippen molar-refractivity contribution < 1.29 is 0 Å². The first-order chi connectivity index (χ1) is 9.59. The summed E-state index contributed by atoms with van der Waals surface area (Å²) in [6, 6.07) is 10.0. The molecule has 4 nitrogen and oxygen atoms in total. The van der Waals surface area contributed by atoms with E-state index in [2.05, 4.69) is 18.8 Å². The summed E-state index contributed by atoms with van der Waals surface area (Å²) in [7, 11) is 1.74. The maximum absolute atomic E-state index is 12.2. The van der Waals surface area contributed by atoms with Crippen molar-refractivity contribution >= 4 is 5.65 Å². The highest BCUT2D eigenvalue weighted by molar-refractivity contribution is 5.66. The lowest BCUT2D eigenvalue weighted by atomic mass is 10.0. The first kappa shape index (κ1) is 12.7. The summed E-state index contributed by atoms with van der Waals surface area (Å²) >= 11 is 0. The molecule has 3 aromatic rings. The molecule has 1 aromatic carbocycles. The minimum Gasteiger partial charge on any atom is -0.314 e. The second-order valence-corrected chi connectivity index (χ2v) is 5.27. The van der Waals surface area contributed by atoms with Crippen molar-refractivity contribution in [3.05, 3.63) is 58.8 Å². The van der Waals surface area contributed by atoms with Crippen LogP contribution >= 0.6 is 0 Å². The maximum atomic E-state index is 12.2. The smallest absolute Gasteiger partial charge is 0.293 e. The predicted molar refractivity (Wildman–Crippen MR) is 80.0 cm³/mol. The second-order valence-electron chi connectivity index (χ2n) is 5.27. The Bertz CT molecular complexity index is 813. The Balaban J connectivity index is 2.41. The zero-order valence-electron chi connectivity index (χ0n) is 11.9. The molecule has 0 atom stereocenters. The molecule has 0 saturated carbocycles. The van der Waals surface area contributed by atoms with Gasteiger partial charge in [0.05, 0.1) is 11.4 Å². The van der Waals surface area contributed by atoms with Gasteiger partial charge in [-0.15, -0.1) is 0 Å². The number of rotatable bonds is 2. The molecule has 3 rings (SSSR count). The summed E-state index contributed by atoms with van der Waals surface area (Å²) in [5.74, 6) is 0.285. The van der Waals surface area contributed by atoms with E-state index in [0.29, 0.717) is 5.65 Å². The molecule has 0 spiro atoms. The molecule has 0 N–H and O–H groups in total. The van der Waals surface area contributed by atoms with Gasteiger partial charge in [-0.3, -0.25) is 9.20 Å². The van der Waals surface area contributed by atoms with Crippen LogP contribution in [0.3, 0.4) is 0 Å². The third kappa shape index (κ3) is 1.84. The van der Waals surface area contributed by atoms with Gasteiger partial charge in [-0.25, -0.2) is 4.98 Å². The monoisotopic (exact) mass is 267 g/mol. The average molecular weight is 267 g/mol. The average Bonchev–Trinajstić information content (AvgIpc) is 2.84. The van der Waals surface area contributed by atoms with Crippen molar-refractivity contribution in [1.82, 2.24) is 14.0 Å². The van der Waals surface area contributed by atoms with Crippen molar-refractivity contribution in [3.63, 3.8) is 0 Å². The quantitative estimate of drug-likeness (QED) is 0.716. The van der Waals surface area contributed by atoms with Gasteiger partial charge >= 0.3 is 0 Å². The topological polar surface area (TPSA) is 39.3 Å². The second kappa shape index (κ2) is 4.63. The lowest BCUT2D eigenvalue weighted by molar-refractivity contribution is 0.787. The van der Waals surface area contributed by atoms with Gasteiger partial charge in [-0.05, 0) is 5.92 Å². The lowest BCUT2D eigenvalue weighted by Crippen LogP contribution is -2.18. The number of nitrogens with zero attached hydrogens (tertiary/aromatic N) is 3. The molecule has 0 aliphatic carbocycles. The summed E-state index contributed by atoms with van der Waals surface area (Å²) in [5.41, 5.74) is 3.42. The summed E-state index contributed by atoms with van der Waals surface area (Å²) in [6.45, 7) is 4.24. The first-order valence-corrected chi connectivity index (χ1v) is 6.72. The molecule has 0 unspecified atom stereocenters. The Kier molecular flexibility index (Phi) is 2.93. The van der Waals surface area contributed by atoms with E-state index in [4.69, 9.17) is 0 Å². The van der Waals surface area contributed by atoms with Crippen molar-refractivity contribution in [2.75, 3.05) is 0 Å². The Labute approximate surface area is 117 Å². The molecule has 0 aliphatic rings. The van der Waals surface area contributed by atoms with Crippen molar-refractivity contribution in [3.8, 4) is 11.3 Å². The third-order valence-corrected chi connectivity index (χ3v) is 3.49. The highest BCUT2D eigenvalue weighted by Crippen LogP contribution is 2.28. The summed E-state index contributed by atoms with van der Waals surface area (Å²) in [6.07, 6.45) is 3.68. The number of imidazole rings is 1. The van der Waals surface area contributed by atoms with Crippen LogP contribution in [0.1, 0.15) is 25.5 Å². The largest absolute Gasteiger partial charge is 0.314 e. The molecule has 102 valence electrons. The molecule has 2 heterocycles. The van der Waals surface area contributed by atoms with E-state index in [9.17, 15) is 4.79 Å². The van der Waals surface area contributed by atoms with Gasteiger partial charge in [0.15, 0.2) is 0 Å². The van der Waals surface area contributed by atoms with Crippen LogP contribution in [0.2, 0.25) is 0 Å². The van der Waals surface area contributed by atoms with E-state index in [1.807, 2.05) is 40.9 Å². The predicted octanol–water partition coefficient (Wildman–Crippen LogP) is 2.82. The third-order valence-electron chi connectivity index (χ3n) is 3.49. The summed E-state index contributed by atoms with van der Waals surface area (Å²) in [5, 5.41) is 0. The molecular weight excluding hydrogens is 250 g/mol. The van der Waals surface area contributed by atoms with Crippen molar-refractivity contribution in [2.45, 2.75) is 19.8 Å². The normalized spacial score (nSPS) is 11.4. The van der Waals surface area contributed by atoms with Crippen LogP contribution in [0.5, 0.6) is 0 Å². The zero-order chi connectivity index (χ0) is 14.3. The minimum atomic E-state index is -0.0726. The fourth-order valence-corrected chi connectivity index (χ4v) is 2.50. The van der Waals surface area contributed by atoms with Gasteiger partial charge in [-0.1, -0.05) is 44.2 Å². The molecule has 0 fully saturated rings. The summed E-state index contributed by atoms with van der Waals surface area (Å²) < 4.78 is 3.47. The van der Waals surface area contributed by atoms with Gasteiger partial charge in [0.1, 0.15) is 0 Å². The molecule has 0 aliphatic heterocycles. The summed E-state index contributed by atoms with van der Waals surface area (Å²) in [4.78, 5) is 16.8. The Morgan fingerprint density at radius 1 is 1.10 bits per heavy atom. The Morgan fingerprint density at radius 2 is 1.80 bits per heavy atom. The Morgan fingerprint density at radius 3 is 2.45 bits per heavy atom. The van der Waals surface area contributed by atoms with E-state index < -0.39 is 0 Å². The number of fused-ring (bicyclic) bond motifs is 1. The van der Waals surface area contributed by atoms with Gasteiger partial charge in [0.2, 0.25) is 5.65 Å². The van der Waals surface area contributed by atoms with Crippen LogP contribution in [-0.4, -0.2) is 14.0 Å². The number of hydrogen-bond donors (Lipinski definition) is 0. The fraction of sp³-hybridized carbons (Fsp3) is 0.250. The van der Waals surface area contributed by atoms with E-state index in [1.54, 1.807) is 17.8 Å². The first-order valence-electron chi connectivity index (χ1n) is 6.72. The molecule has 20 heavy (non-hydrogen) atoms. The van der Waals surface area contributed by atoms with Gasteiger partial charge in [0.25, 0.3) is 5.56 Å². The van der Waals surface area contributed by atoms with Crippen LogP contribution in [0.4, 0.5) is 0 Å². The molecule has 0 amide bonds. The van der Waals surface area contributed by atoms with E-state index >= 15 is 0 Å². The molecule has 0 saturated heterocycles. The van der Waals surface area contributed by atoms with Gasteiger partial charge in [0, 0.05) is 25.0 Å². The van der Waals surface area contributed by atoms with Crippen LogP contribution < -0.4 is 5.56 Å². The highest BCUT2D eigenvalue weighted by atomic mass is 16.1. The zero-order valence-corrected chi connectivity index (χ0v) is 11.9. The van der Waals surface area contributed by atoms with Crippen LogP contribution in [-0.2, 0) is 7.05 Å². The lowest BCUT2D eigenvalue weighted by Gasteiger charge is -2.08. The fourth-order valence-electron chi connectivity index (χ4n) is 2.50. The van der Waals surface area contributed by atoms with E-state index in [-0.39, 0.29) is 11.5 Å². The minimum absolute atomic E-state index is 0.0726. The van der Waals surface area contributed by atoms with Crippen LogP contribution in [0.25, 0.3) is 16.9 Å². The van der Waals surface area contributed by atoms with E-state index in [1.165, 1.54) is 0 Å². The standard InChI is InChI=1S/C16H17N3O/c1-11(2)14-13(12-7-5-4-6-8-12)17-15-16(20)18(3)9-10-19(14)15/h4-11H,1-3H3. The number of aryl methyl sites for hydroxylation is 1. The van der Waals surface area contributed by atoms with Crippen LogP contribution in [0, 0.1) is 0 Å². The maximum Gasteiger partial charge on any atom is 0.293 e. The van der Waals surface area contributed by atoms with Gasteiger partial charge in [-0.2, -0.15) is 0 Å². The highest BCUT2D eigenvalue weighted by Gasteiger charge is 2.18.